The van der Waals surface area contributed by atoms with Crippen LogP contribution >= 0.6 is 22.9 Å². The molecule has 3 aromatic rings. The molecular weight excluding hydrogens is 416 g/mol. The van der Waals surface area contributed by atoms with Crippen molar-refractivity contribution in [2.75, 3.05) is 7.05 Å². The first-order chi connectivity index (χ1) is 13.2. The second-order valence-electron chi connectivity index (χ2n) is 6.35. The zero-order valence-corrected chi connectivity index (χ0v) is 17.7. The lowest BCUT2D eigenvalue weighted by Crippen LogP contribution is -2.28. The number of benzene rings is 2. The summed E-state index contributed by atoms with van der Waals surface area (Å²) >= 11 is 7.93. The molecule has 28 heavy (non-hydrogen) atoms. The molecule has 1 heterocycles. The van der Waals surface area contributed by atoms with Gasteiger partial charge in [-0.15, -0.1) is 11.3 Å². The smallest absolute Gasteiger partial charge is 0.246 e. The van der Waals surface area contributed by atoms with Crippen molar-refractivity contribution in [1.29, 1.82) is 0 Å². The van der Waals surface area contributed by atoms with E-state index in [-0.39, 0.29) is 16.8 Å². The highest BCUT2D eigenvalue weighted by Gasteiger charge is 2.17. The van der Waals surface area contributed by atoms with E-state index in [2.05, 4.69) is 0 Å². The summed E-state index contributed by atoms with van der Waals surface area (Å²) in [6.07, 6.45) is 3.22. The lowest BCUT2D eigenvalue weighted by molar-refractivity contribution is -0.126. The Hall–Kier alpha value is -2.19. The van der Waals surface area contributed by atoms with Gasteiger partial charge in [0.25, 0.3) is 0 Å². The maximum atomic E-state index is 12.6. The van der Waals surface area contributed by atoms with Crippen LogP contribution in [0.3, 0.4) is 0 Å². The largest absolute Gasteiger partial charge is 0.335 e. The van der Waals surface area contributed by atoms with Crippen molar-refractivity contribution in [2.45, 2.75) is 17.9 Å². The summed E-state index contributed by atoms with van der Waals surface area (Å²) in [5.41, 5.74) is 0.802. The van der Waals surface area contributed by atoms with Crippen LogP contribution in [-0.2, 0) is 14.8 Å². The fourth-order valence-electron chi connectivity index (χ4n) is 2.76. The monoisotopic (exact) mass is 434 g/mol. The number of carbonyl (C=O) groups is 1. The van der Waals surface area contributed by atoms with Gasteiger partial charge in [0.1, 0.15) is 0 Å². The number of sulfonamides is 1. The molecule has 0 fully saturated rings. The van der Waals surface area contributed by atoms with Gasteiger partial charge in [-0.05, 0) is 36.8 Å². The van der Waals surface area contributed by atoms with E-state index in [1.165, 1.54) is 29.5 Å². The average Bonchev–Trinajstić information content (AvgIpc) is 3.00. The number of fused-ring (bicyclic) bond motifs is 1. The van der Waals surface area contributed by atoms with Crippen molar-refractivity contribution in [3.8, 4) is 0 Å². The summed E-state index contributed by atoms with van der Waals surface area (Å²) in [5.74, 6) is -0.184. The molecule has 0 aliphatic carbocycles. The lowest BCUT2D eigenvalue weighted by Gasteiger charge is -2.24. The summed E-state index contributed by atoms with van der Waals surface area (Å²) in [6.45, 7) is 1.87. The third kappa shape index (κ3) is 4.28. The van der Waals surface area contributed by atoms with Gasteiger partial charge in [-0.1, -0.05) is 41.9 Å². The highest BCUT2D eigenvalue weighted by Crippen LogP contribution is 2.36. The molecular formula is C20H19ClN2O3S2. The van der Waals surface area contributed by atoms with E-state index < -0.39 is 10.0 Å². The number of halogens is 1. The van der Waals surface area contributed by atoms with Gasteiger partial charge in [-0.2, -0.15) is 0 Å². The van der Waals surface area contributed by atoms with Gasteiger partial charge in [0, 0.05) is 28.1 Å². The van der Waals surface area contributed by atoms with Crippen LogP contribution in [0.4, 0.5) is 0 Å². The van der Waals surface area contributed by atoms with Crippen LogP contribution in [0.25, 0.3) is 16.2 Å². The molecule has 0 bridgehead atoms. The Labute approximate surface area is 173 Å². The van der Waals surface area contributed by atoms with Gasteiger partial charge in [-0.3, -0.25) is 4.79 Å². The van der Waals surface area contributed by atoms with E-state index in [0.717, 1.165) is 20.5 Å². The van der Waals surface area contributed by atoms with Crippen molar-refractivity contribution in [1.82, 2.24) is 4.90 Å². The van der Waals surface area contributed by atoms with E-state index in [0.29, 0.717) is 5.02 Å². The van der Waals surface area contributed by atoms with Crippen molar-refractivity contribution < 1.29 is 13.2 Å². The van der Waals surface area contributed by atoms with E-state index in [1.807, 2.05) is 31.2 Å². The second-order valence-corrected chi connectivity index (χ2v) is 9.37. The van der Waals surface area contributed by atoms with Crippen molar-refractivity contribution in [3.63, 3.8) is 0 Å². The topological polar surface area (TPSA) is 80.5 Å². The molecule has 8 heteroatoms. The number of hydrogen-bond acceptors (Lipinski definition) is 4. The third-order valence-electron chi connectivity index (χ3n) is 4.56. The number of hydrogen-bond donors (Lipinski definition) is 1. The van der Waals surface area contributed by atoms with Crippen molar-refractivity contribution >= 4 is 55.0 Å². The maximum Gasteiger partial charge on any atom is 0.246 e. The highest BCUT2D eigenvalue weighted by molar-refractivity contribution is 7.89. The van der Waals surface area contributed by atoms with Crippen LogP contribution in [0.15, 0.2) is 59.5 Å². The fraction of sp³-hybridized carbons (Fsp3) is 0.150. The molecule has 3 rings (SSSR count). The van der Waals surface area contributed by atoms with Crippen LogP contribution in [0.2, 0.25) is 5.02 Å². The summed E-state index contributed by atoms with van der Waals surface area (Å²) in [5, 5.41) is 6.72. The summed E-state index contributed by atoms with van der Waals surface area (Å²) in [4.78, 5) is 15.0. The molecule has 5 nitrogen and oxygen atoms in total. The SMILES string of the molecule is CC(c1ccc(S(N)(=O)=O)cc1)N(C)C(=O)/C=C/c1sc2ccccc2c1Cl. The number of carbonyl (C=O) groups excluding carboxylic acids is 1. The number of nitrogens with zero attached hydrogens (tertiary/aromatic N) is 1. The van der Waals surface area contributed by atoms with E-state index in [4.69, 9.17) is 16.7 Å². The third-order valence-corrected chi connectivity index (χ3v) is 7.14. The van der Waals surface area contributed by atoms with Gasteiger partial charge < -0.3 is 4.90 Å². The Bertz CT molecular complexity index is 1150. The van der Waals surface area contributed by atoms with Crippen molar-refractivity contribution in [2.24, 2.45) is 5.14 Å². The standard InChI is InChI=1S/C20H19ClN2O3S2/c1-13(14-7-9-15(10-8-14)28(22,25)26)23(2)19(24)12-11-18-20(21)16-5-3-4-6-17(16)27-18/h3-13H,1-2H3,(H2,22,25,26)/b12-11+. The van der Waals surface area contributed by atoms with Gasteiger partial charge >= 0.3 is 0 Å². The molecule has 0 aliphatic heterocycles. The van der Waals surface area contributed by atoms with Crippen LogP contribution in [-0.4, -0.2) is 26.3 Å². The molecule has 0 saturated heterocycles. The average molecular weight is 435 g/mol. The van der Waals surface area contributed by atoms with Crippen LogP contribution in [0.1, 0.15) is 23.4 Å². The minimum absolute atomic E-state index is 0.0386. The Morgan fingerprint density at radius 2 is 1.82 bits per heavy atom. The van der Waals surface area contributed by atoms with Crippen LogP contribution in [0.5, 0.6) is 0 Å². The molecule has 0 spiro atoms. The van der Waals surface area contributed by atoms with Crippen LogP contribution in [0, 0.1) is 0 Å². The van der Waals surface area contributed by atoms with E-state index >= 15 is 0 Å². The predicted octanol–water partition coefficient (Wildman–Crippen LogP) is 4.43. The number of amides is 1. The molecule has 2 N–H and O–H groups in total. The zero-order chi connectivity index (χ0) is 20.5. The number of thiophene rings is 1. The van der Waals surface area contributed by atoms with Gasteiger partial charge in [0.2, 0.25) is 15.9 Å². The summed E-state index contributed by atoms with van der Waals surface area (Å²) in [6, 6.07) is 13.8. The van der Waals surface area contributed by atoms with Gasteiger partial charge in [0.05, 0.1) is 16.0 Å². The highest BCUT2D eigenvalue weighted by atomic mass is 35.5. The van der Waals surface area contributed by atoms with Crippen molar-refractivity contribution in [3.05, 3.63) is 70.1 Å². The molecule has 0 aliphatic rings. The first-order valence-corrected chi connectivity index (χ1v) is 11.2. The van der Waals surface area contributed by atoms with E-state index in [9.17, 15) is 13.2 Å². The molecule has 0 radical (unpaired) electrons. The molecule has 1 atom stereocenters. The number of nitrogens with two attached hydrogens (primary N) is 1. The minimum atomic E-state index is -3.74. The molecule has 1 unspecified atom stereocenters. The fourth-order valence-corrected chi connectivity index (χ4v) is 4.67. The Morgan fingerprint density at radius 1 is 1.18 bits per heavy atom. The normalized spacial score (nSPS) is 13.1. The minimum Gasteiger partial charge on any atom is -0.335 e. The molecule has 1 amide bonds. The number of likely N-dealkylation sites (N-methyl/N-ethyl adjacent to an activating group) is 1. The first-order valence-electron chi connectivity index (χ1n) is 8.43. The van der Waals surface area contributed by atoms with Gasteiger partial charge in [-0.25, -0.2) is 13.6 Å². The lowest BCUT2D eigenvalue weighted by atomic mass is 10.1. The molecule has 1 aromatic heterocycles. The first kappa shape index (κ1) is 20.5. The Balaban J connectivity index is 1.76. The molecule has 0 saturated carbocycles. The Kier molecular flexibility index (Phi) is 5.90. The zero-order valence-electron chi connectivity index (χ0n) is 15.3. The number of primary sulfonamides is 1. The Morgan fingerprint density at radius 3 is 2.43 bits per heavy atom. The molecule has 146 valence electrons. The van der Waals surface area contributed by atoms with Crippen LogP contribution < -0.4 is 5.14 Å². The van der Waals surface area contributed by atoms with Gasteiger partial charge in [0.15, 0.2) is 0 Å². The van der Waals surface area contributed by atoms with E-state index in [1.54, 1.807) is 30.2 Å². The quantitative estimate of drug-likeness (QED) is 0.603. The summed E-state index contributed by atoms with van der Waals surface area (Å²) < 4.78 is 23.8. The summed E-state index contributed by atoms with van der Waals surface area (Å²) in [7, 11) is -2.05. The molecule has 2 aromatic carbocycles. The predicted molar refractivity (Wildman–Crippen MR) is 115 cm³/mol. The maximum absolute atomic E-state index is 12.6. The number of rotatable bonds is 5. The second kappa shape index (κ2) is 8.05.